The maximum atomic E-state index is 3.29. The Morgan fingerprint density at radius 2 is 1.92 bits per heavy atom. The fourth-order valence-electron chi connectivity index (χ4n) is 1.33. The molecule has 0 saturated heterocycles. The average Bonchev–Trinajstić information content (AvgIpc) is 2.30. The fourth-order valence-corrected chi connectivity index (χ4v) is 1.33. The van der Waals surface area contributed by atoms with Crippen molar-refractivity contribution in [3.05, 3.63) is 30.1 Å². The quantitative estimate of drug-likeness (QED) is 0.583. The molecular weight excluding hydrogens is 152 g/mol. The van der Waals surface area contributed by atoms with E-state index >= 15 is 0 Å². The van der Waals surface area contributed by atoms with Crippen molar-refractivity contribution in [1.29, 1.82) is 0 Å². The normalized spacial score (nSPS) is 9.83. The van der Waals surface area contributed by atoms with Crippen molar-refractivity contribution in [1.82, 2.24) is 4.98 Å². The second kappa shape index (κ2) is 2.95. The summed E-state index contributed by atoms with van der Waals surface area (Å²) in [4.78, 5) is 3.29. The van der Waals surface area contributed by atoms with E-state index in [0.717, 1.165) is 0 Å². The highest BCUT2D eigenvalue weighted by Crippen LogP contribution is 2.06. The van der Waals surface area contributed by atoms with Gasteiger partial charge in [0, 0.05) is 6.92 Å². The number of hydrogen-bond donors (Lipinski definition) is 1. The first-order valence-electron chi connectivity index (χ1n) is 3.72. The zero-order valence-corrected chi connectivity index (χ0v) is 7.20. The average molecular weight is 164 g/mol. The topological polar surface area (TPSA) is 49.7 Å². The SMILES string of the molecule is Cc1[nH]c2ccccc2[n+]1C.[OH-]. The van der Waals surface area contributed by atoms with E-state index in [1.165, 1.54) is 16.9 Å². The van der Waals surface area contributed by atoms with Crippen LogP contribution in [0.25, 0.3) is 11.0 Å². The van der Waals surface area contributed by atoms with Crippen molar-refractivity contribution < 1.29 is 10.0 Å². The second-order valence-corrected chi connectivity index (χ2v) is 2.79. The summed E-state index contributed by atoms with van der Waals surface area (Å²) in [6.45, 7) is 2.07. The van der Waals surface area contributed by atoms with E-state index < -0.39 is 0 Å². The number of nitrogens with zero attached hydrogens (tertiary/aromatic N) is 1. The molecule has 12 heavy (non-hydrogen) atoms. The summed E-state index contributed by atoms with van der Waals surface area (Å²) in [5.74, 6) is 1.19. The summed E-state index contributed by atoms with van der Waals surface area (Å²) in [5, 5.41) is 0. The van der Waals surface area contributed by atoms with E-state index in [1.807, 2.05) is 6.07 Å². The first-order chi connectivity index (χ1) is 5.29. The van der Waals surface area contributed by atoms with Crippen molar-refractivity contribution in [3.63, 3.8) is 0 Å². The Morgan fingerprint density at radius 3 is 2.58 bits per heavy atom. The minimum Gasteiger partial charge on any atom is -0.870 e. The van der Waals surface area contributed by atoms with Crippen molar-refractivity contribution >= 4 is 11.0 Å². The summed E-state index contributed by atoms with van der Waals surface area (Å²) < 4.78 is 2.15. The van der Waals surface area contributed by atoms with Crippen LogP contribution in [-0.4, -0.2) is 10.5 Å². The van der Waals surface area contributed by atoms with Gasteiger partial charge >= 0.3 is 0 Å². The summed E-state index contributed by atoms with van der Waals surface area (Å²) in [6.07, 6.45) is 0. The van der Waals surface area contributed by atoms with Crippen LogP contribution in [0.1, 0.15) is 5.82 Å². The molecule has 0 saturated carbocycles. The lowest BCUT2D eigenvalue weighted by atomic mass is 10.3. The van der Waals surface area contributed by atoms with Crippen LogP contribution in [0.2, 0.25) is 0 Å². The lowest BCUT2D eigenvalue weighted by Crippen LogP contribution is -2.29. The van der Waals surface area contributed by atoms with Gasteiger partial charge in [0.25, 0.3) is 5.82 Å². The van der Waals surface area contributed by atoms with Crippen LogP contribution in [0.15, 0.2) is 24.3 Å². The minimum atomic E-state index is 0. The maximum Gasteiger partial charge on any atom is 0.251 e. The molecule has 0 aliphatic rings. The summed E-state index contributed by atoms with van der Waals surface area (Å²) in [7, 11) is 2.06. The van der Waals surface area contributed by atoms with Crippen LogP contribution in [0.4, 0.5) is 0 Å². The third kappa shape index (κ3) is 1.08. The zero-order chi connectivity index (χ0) is 7.84. The van der Waals surface area contributed by atoms with Crippen LogP contribution in [-0.2, 0) is 7.05 Å². The Morgan fingerprint density at radius 1 is 1.25 bits per heavy atom. The highest BCUT2D eigenvalue weighted by atomic mass is 16.0. The third-order valence-corrected chi connectivity index (χ3v) is 2.08. The molecule has 0 radical (unpaired) electrons. The molecule has 2 aromatic rings. The number of fused-ring (bicyclic) bond motifs is 1. The maximum absolute atomic E-state index is 3.29. The van der Waals surface area contributed by atoms with Gasteiger partial charge in [-0.3, -0.25) is 0 Å². The van der Waals surface area contributed by atoms with Crippen molar-refractivity contribution in [3.8, 4) is 0 Å². The molecular formula is C9H12N2O. The first kappa shape index (κ1) is 8.74. The van der Waals surface area contributed by atoms with Gasteiger partial charge in [-0.05, 0) is 12.1 Å². The van der Waals surface area contributed by atoms with E-state index in [1.54, 1.807) is 0 Å². The highest BCUT2D eigenvalue weighted by Gasteiger charge is 2.08. The number of aryl methyl sites for hydroxylation is 2. The molecule has 0 aliphatic carbocycles. The molecule has 0 fully saturated rings. The van der Waals surface area contributed by atoms with E-state index in [4.69, 9.17) is 0 Å². The predicted molar refractivity (Wildman–Crippen MR) is 46.1 cm³/mol. The fraction of sp³-hybridized carbons (Fsp3) is 0.222. The number of aromatic amines is 1. The van der Waals surface area contributed by atoms with Gasteiger partial charge in [0.15, 0.2) is 11.0 Å². The van der Waals surface area contributed by atoms with Gasteiger partial charge in [-0.1, -0.05) is 12.1 Å². The Hall–Kier alpha value is -1.35. The molecule has 0 bridgehead atoms. The molecule has 1 aromatic heterocycles. The van der Waals surface area contributed by atoms with Crippen LogP contribution >= 0.6 is 0 Å². The molecule has 1 aromatic carbocycles. The lowest BCUT2D eigenvalue weighted by Gasteiger charge is -1.85. The molecule has 1 heterocycles. The number of aromatic nitrogens is 2. The van der Waals surface area contributed by atoms with Crippen molar-refractivity contribution in [2.75, 3.05) is 0 Å². The van der Waals surface area contributed by atoms with Crippen LogP contribution < -0.4 is 4.57 Å². The van der Waals surface area contributed by atoms with Gasteiger partial charge in [0.05, 0.1) is 7.05 Å². The predicted octanol–water partition coefficient (Wildman–Crippen LogP) is 1.12. The zero-order valence-electron chi connectivity index (χ0n) is 7.20. The van der Waals surface area contributed by atoms with Gasteiger partial charge in [-0.2, -0.15) is 0 Å². The molecule has 0 unspecified atom stereocenters. The smallest absolute Gasteiger partial charge is 0.251 e. The molecule has 0 spiro atoms. The molecule has 0 atom stereocenters. The molecule has 0 amide bonds. The minimum absolute atomic E-state index is 0. The van der Waals surface area contributed by atoms with E-state index in [9.17, 15) is 0 Å². The van der Waals surface area contributed by atoms with Crippen LogP contribution in [0.3, 0.4) is 0 Å². The van der Waals surface area contributed by atoms with Crippen LogP contribution in [0, 0.1) is 6.92 Å². The van der Waals surface area contributed by atoms with Gasteiger partial charge in [0.1, 0.15) is 0 Å². The standard InChI is InChI=1S/C9H10N2.H2O/c1-7-10-8-5-3-4-6-9(8)11(7)2;/h3-6H,1-2H3;1H2. The number of benzene rings is 1. The molecule has 2 N–H and O–H groups in total. The summed E-state index contributed by atoms with van der Waals surface area (Å²) in [6, 6.07) is 8.29. The molecule has 2 rings (SSSR count). The Labute approximate surface area is 71.0 Å². The molecule has 0 aliphatic heterocycles. The first-order valence-corrected chi connectivity index (χ1v) is 3.72. The van der Waals surface area contributed by atoms with E-state index in [2.05, 4.69) is 41.7 Å². The number of imidazole rings is 1. The third-order valence-electron chi connectivity index (χ3n) is 2.08. The van der Waals surface area contributed by atoms with Gasteiger partial charge in [-0.25, -0.2) is 9.55 Å². The number of rotatable bonds is 0. The largest absolute Gasteiger partial charge is 0.870 e. The Balaban J connectivity index is 0.000000720. The van der Waals surface area contributed by atoms with Gasteiger partial charge in [-0.15, -0.1) is 0 Å². The summed E-state index contributed by atoms with van der Waals surface area (Å²) in [5.41, 5.74) is 2.46. The second-order valence-electron chi connectivity index (χ2n) is 2.79. The molecule has 64 valence electrons. The van der Waals surface area contributed by atoms with Crippen molar-refractivity contribution in [2.24, 2.45) is 7.05 Å². The highest BCUT2D eigenvalue weighted by molar-refractivity contribution is 5.70. The summed E-state index contributed by atoms with van der Waals surface area (Å²) >= 11 is 0. The molecule has 3 heteroatoms. The number of nitrogens with one attached hydrogen (secondary N) is 1. The van der Waals surface area contributed by atoms with E-state index in [-0.39, 0.29) is 5.48 Å². The number of para-hydroxylation sites is 2. The van der Waals surface area contributed by atoms with Crippen LogP contribution in [0.5, 0.6) is 0 Å². The Kier molecular flexibility index (Phi) is 2.15. The Bertz CT molecular complexity index is 392. The number of H-pyrrole nitrogens is 1. The van der Waals surface area contributed by atoms with E-state index in [0.29, 0.717) is 0 Å². The van der Waals surface area contributed by atoms with Gasteiger partial charge in [0.2, 0.25) is 0 Å². The van der Waals surface area contributed by atoms with Gasteiger partial charge < -0.3 is 5.48 Å². The van der Waals surface area contributed by atoms with Crippen molar-refractivity contribution in [2.45, 2.75) is 6.92 Å². The number of hydrogen-bond acceptors (Lipinski definition) is 1. The lowest BCUT2D eigenvalue weighted by molar-refractivity contribution is -0.651. The monoisotopic (exact) mass is 164 g/mol. The molecule has 3 nitrogen and oxygen atoms in total.